The molecule has 18 nitrogen and oxygen atoms in total. The van der Waals surface area contributed by atoms with Crippen molar-refractivity contribution in [2.75, 3.05) is 67.5 Å². The van der Waals surface area contributed by atoms with Crippen LogP contribution in [0.3, 0.4) is 0 Å². The smallest absolute Gasteiger partial charge is 0.262 e. The number of rotatable bonds is 14. The summed E-state index contributed by atoms with van der Waals surface area (Å²) in [6.07, 6.45) is 9.04. The zero-order valence-corrected chi connectivity index (χ0v) is 49.3. The highest BCUT2D eigenvalue weighted by molar-refractivity contribution is 6.24. The number of nitrogens with one attached hydrogen (secondary N) is 3. The molecule has 3 N–H and O–H groups in total. The number of benzene rings is 4. The van der Waals surface area contributed by atoms with Gasteiger partial charge in [-0.3, -0.25) is 48.8 Å². The highest BCUT2D eigenvalue weighted by Gasteiger charge is 2.56. The zero-order valence-electron chi connectivity index (χ0n) is 49.3. The Morgan fingerprint density at radius 1 is 0.753 bits per heavy atom. The van der Waals surface area contributed by atoms with Crippen LogP contribution in [0, 0.1) is 12.7 Å². The van der Waals surface area contributed by atoms with E-state index in [1.807, 2.05) is 30.5 Å². The third-order valence-corrected chi connectivity index (χ3v) is 19.1. The topological polar surface area (TPSA) is 189 Å². The number of imide groups is 2. The quantitative estimate of drug-likeness (QED) is 0.0881. The van der Waals surface area contributed by atoms with Gasteiger partial charge in [-0.05, 0) is 170 Å². The number of amides is 6. The highest BCUT2D eigenvalue weighted by atomic mass is 19.1. The van der Waals surface area contributed by atoms with Crippen molar-refractivity contribution < 1.29 is 33.2 Å². The molecule has 6 amide bonds. The number of piperidine rings is 3. The van der Waals surface area contributed by atoms with Gasteiger partial charge < -0.3 is 29.9 Å². The highest BCUT2D eigenvalue weighted by Crippen LogP contribution is 2.52. The number of hydrogen-bond acceptors (Lipinski definition) is 13. The molecule has 8 heterocycles. The number of nitrogens with zero attached hydrogens (tertiary/aromatic N) is 9. The van der Waals surface area contributed by atoms with E-state index in [2.05, 4.69) is 96.8 Å². The Labute approximate surface area is 495 Å². The number of halogens is 1. The SMILES string of the molecule is Cc1cc(F)c(Nc2nc(-c3ccc4c(c3)N([C@H]3C[C@@H](N5CCCCC5)C3)C(=O)C43CCN(Cc4ccc(CN5CCN(c6ccc7c(c6)C(=O)N(C6CCC(=O)NC6=O)C7=O)CC5)cc4)CC3)cc3ncn(C(C)C)c23)cc1C(=O)NC(C)C. The molecule has 1 spiro atoms. The van der Waals surface area contributed by atoms with Crippen LogP contribution in [0.4, 0.5) is 27.3 Å². The lowest BCUT2D eigenvalue weighted by Crippen LogP contribution is -2.58. The number of imidazole rings is 1. The average Bonchev–Trinajstić information content (AvgIpc) is 1.65. The minimum Gasteiger partial charge on any atom is -0.369 e. The van der Waals surface area contributed by atoms with Crippen molar-refractivity contribution in [1.82, 2.24) is 44.8 Å². The van der Waals surface area contributed by atoms with Gasteiger partial charge in [0.15, 0.2) is 5.82 Å². The van der Waals surface area contributed by atoms with Gasteiger partial charge in [-0.15, -0.1) is 0 Å². The number of carbonyl (C=O) groups is 6. The van der Waals surface area contributed by atoms with Crippen molar-refractivity contribution in [2.24, 2.45) is 0 Å². The molecule has 1 atom stereocenters. The molecule has 5 fully saturated rings. The van der Waals surface area contributed by atoms with Gasteiger partial charge in [0.05, 0.1) is 39.8 Å². The molecule has 4 saturated heterocycles. The number of likely N-dealkylation sites (tertiary alicyclic amines) is 2. The first-order valence-corrected chi connectivity index (χ1v) is 30.6. The molecule has 1 saturated carbocycles. The lowest BCUT2D eigenvalue weighted by Gasteiger charge is -2.48. The summed E-state index contributed by atoms with van der Waals surface area (Å²) in [6, 6.07) is 25.1. The number of hydrogen-bond donors (Lipinski definition) is 3. The molecule has 85 heavy (non-hydrogen) atoms. The van der Waals surface area contributed by atoms with Crippen LogP contribution < -0.4 is 25.8 Å². The van der Waals surface area contributed by atoms with Gasteiger partial charge in [0.25, 0.3) is 17.7 Å². The number of fused-ring (bicyclic) bond motifs is 4. The first-order valence-electron chi connectivity index (χ1n) is 30.6. The monoisotopic (exact) mass is 1150 g/mol. The molecule has 4 aromatic carbocycles. The van der Waals surface area contributed by atoms with Crippen molar-refractivity contribution >= 4 is 69.4 Å². The van der Waals surface area contributed by atoms with E-state index in [9.17, 15) is 24.0 Å². The summed E-state index contributed by atoms with van der Waals surface area (Å²) in [4.78, 5) is 103. The van der Waals surface area contributed by atoms with Crippen molar-refractivity contribution in [3.63, 3.8) is 0 Å². The van der Waals surface area contributed by atoms with Gasteiger partial charge in [-0.1, -0.05) is 42.8 Å². The van der Waals surface area contributed by atoms with Crippen LogP contribution in [-0.4, -0.2) is 146 Å². The third-order valence-electron chi connectivity index (χ3n) is 19.1. The Morgan fingerprint density at radius 2 is 1.45 bits per heavy atom. The molecule has 6 aliphatic heterocycles. The second kappa shape index (κ2) is 22.5. The second-order valence-electron chi connectivity index (χ2n) is 25.3. The van der Waals surface area contributed by atoms with Gasteiger partial charge in [-0.2, -0.15) is 0 Å². The van der Waals surface area contributed by atoms with Crippen molar-refractivity contribution in [2.45, 2.75) is 141 Å². The molecule has 0 bridgehead atoms. The predicted molar refractivity (Wildman–Crippen MR) is 323 cm³/mol. The summed E-state index contributed by atoms with van der Waals surface area (Å²) in [5.74, 6) is -2.18. The summed E-state index contributed by atoms with van der Waals surface area (Å²) in [6.45, 7) is 18.2. The summed E-state index contributed by atoms with van der Waals surface area (Å²) in [5, 5.41) is 8.50. The Hall–Kier alpha value is -7.87. The fraction of sp³-hybridized carbons (Fsp3) is 0.455. The molecular formula is C66H75FN12O6. The Balaban J connectivity index is 0.691. The molecule has 1 aliphatic carbocycles. The van der Waals surface area contributed by atoms with Crippen LogP contribution >= 0.6 is 0 Å². The van der Waals surface area contributed by atoms with E-state index in [4.69, 9.17) is 9.97 Å². The molecular weight excluding hydrogens is 1080 g/mol. The van der Waals surface area contributed by atoms with Crippen molar-refractivity contribution in [1.29, 1.82) is 0 Å². The van der Waals surface area contributed by atoms with Gasteiger partial charge in [0.1, 0.15) is 17.4 Å². The number of pyridine rings is 1. The summed E-state index contributed by atoms with van der Waals surface area (Å²) in [5.41, 5.74) is 9.21. The molecule has 2 aromatic heterocycles. The largest absolute Gasteiger partial charge is 0.369 e. The fourth-order valence-electron chi connectivity index (χ4n) is 14.3. The lowest BCUT2D eigenvalue weighted by atomic mass is 9.73. The maximum atomic E-state index is 16.0. The van der Waals surface area contributed by atoms with E-state index < -0.39 is 40.9 Å². The van der Waals surface area contributed by atoms with Crippen LogP contribution in [0.15, 0.2) is 85.2 Å². The second-order valence-corrected chi connectivity index (χ2v) is 25.3. The van der Waals surface area contributed by atoms with E-state index in [0.29, 0.717) is 47.0 Å². The molecule has 6 aromatic rings. The maximum Gasteiger partial charge on any atom is 0.262 e. The van der Waals surface area contributed by atoms with Crippen molar-refractivity contribution in [3.05, 3.63) is 130 Å². The average molecular weight is 1150 g/mol. The van der Waals surface area contributed by atoms with E-state index in [1.165, 1.54) is 36.5 Å². The number of anilines is 4. The molecule has 19 heteroatoms. The summed E-state index contributed by atoms with van der Waals surface area (Å²) < 4.78 is 18.0. The molecule has 442 valence electrons. The number of aromatic nitrogens is 3. The van der Waals surface area contributed by atoms with E-state index in [-0.39, 0.29) is 59.6 Å². The molecule has 7 aliphatic rings. The number of carbonyl (C=O) groups excluding carboxylic acids is 6. The van der Waals surface area contributed by atoms with Gasteiger partial charge >= 0.3 is 0 Å². The zero-order chi connectivity index (χ0) is 59.0. The van der Waals surface area contributed by atoms with Gasteiger partial charge in [0, 0.05) is 92.4 Å². The third kappa shape index (κ3) is 10.4. The van der Waals surface area contributed by atoms with Crippen molar-refractivity contribution in [3.8, 4) is 11.3 Å². The summed E-state index contributed by atoms with van der Waals surface area (Å²) >= 11 is 0. The van der Waals surface area contributed by atoms with Gasteiger partial charge in [-0.25, -0.2) is 14.4 Å². The Morgan fingerprint density at radius 3 is 2.13 bits per heavy atom. The number of aryl methyl sites for hydroxylation is 1. The van der Waals surface area contributed by atoms with E-state index >= 15 is 9.18 Å². The molecule has 1 unspecified atom stereocenters. The normalized spacial score (nSPS) is 22.0. The summed E-state index contributed by atoms with van der Waals surface area (Å²) in [7, 11) is 0. The van der Waals surface area contributed by atoms with Crippen LogP contribution in [-0.2, 0) is 32.9 Å². The van der Waals surface area contributed by atoms with Gasteiger partial charge in [0.2, 0.25) is 17.7 Å². The van der Waals surface area contributed by atoms with Crippen LogP contribution in [0.2, 0.25) is 0 Å². The standard InChI is InChI=1S/C66H75FN12O6/c1-39(2)69-61(81)49-34-54(52(67)29-41(49)5)71-60-59-55(68-38-77(59)40(3)4)35-53(70-60)44-13-16-51-57(30-44)78(47-31-46(32-47)75-21-7-6-8-22-75)65(85)66(51)19-23-73(24-20-66)36-42-9-11-43(12-10-42)37-74-25-27-76(28-26-74)45-14-15-48-50(33-45)64(84)79(63(48)83)56-17-18-58(80)72-62(56)82/h9-16,29-30,33-35,38-40,46-47,56H,6-8,17-28,31-32,36-37H2,1-5H3,(H,69,81)(H,70,71)(H,72,80,82)/t46-,47+,56?. The Kier molecular flexibility index (Phi) is 14.9. The van der Waals surface area contributed by atoms with E-state index in [1.54, 1.807) is 31.5 Å². The predicted octanol–water partition coefficient (Wildman–Crippen LogP) is 8.63. The van der Waals surface area contributed by atoms with Crippen LogP contribution in [0.5, 0.6) is 0 Å². The minimum atomic E-state index is -0.995. The molecule has 13 rings (SSSR count). The van der Waals surface area contributed by atoms with Crippen LogP contribution in [0.25, 0.3) is 22.3 Å². The number of piperazine rings is 1. The minimum absolute atomic E-state index is 0.0294. The van der Waals surface area contributed by atoms with E-state index in [0.717, 1.165) is 111 Å². The fourth-order valence-corrected chi connectivity index (χ4v) is 14.3. The first-order chi connectivity index (χ1) is 41.0. The lowest BCUT2D eigenvalue weighted by molar-refractivity contribution is -0.136. The Bertz CT molecular complexity index is 3660. The van der Waals surface area contributed by atoms with Crippen LogP contribution in [0.1, 0.15) is 145 Å². The molecule has 0 radical (unpaired) electrons. The maximum absolute atomic E-state index is 16.0. The first kappa shape index (κ1) is 56.3.